The van der Waals surface area contributed by atoms with Crippen molar-refractivity contribution in [2.75, 3.05) is 32.8 Å². The number of carbonyl (C=O) groups excluding carboxylic acids is 4. The number of rotatable bonds is 10. The Bertz CT molecular complexity index is 1480. The quantitative estimate of drug-likeness (QED) is 0.166. The van der Waals surface area contributed by atoms with Crippen LogP contribution in [-0.4, -0.2) is 90.1 Å². The highest BCUT2D eigenvalue weighted by Gasteiger charge is 2.56. The average molecular weight is 632 g/mol. The molecule has 0 saturated carbocycles. The lowest BCUT2D eigenvalue weighted by Gasteiger charge is -2.50. The molecule has 14 nitrogen and oxygen atoms in total. The third kappa shape index (κ3) is 6.16. The lowest BCUT2D eigenvalue weighted by Crippen LogP contribution is -2.71. The summed E-state index contributed by atoms with van der Waals surface area (Å²) in [4.78, 5) is 62.5. The number of fused-ring (bicyclic) bond motifs is 1. The number of β-lactam (4-membered cyclic amide) rings is 1. The highest BCUT2D eigenvalue weighted by molar-refractivity contribution is 8.00. The average Bonchev–Trinajstić information content (AvgIpc) is 3.69. The number of carbonyl (C=O) groups is 4. The number of esters is 2. The number of nitrogens with two attached hydrogens (primary N) is 1. The number of nitrogens with zero attached hydrogens (tertiary/aromatic N) is 3. The maximum absolute atomic E-state index is 13.6. The van der Waals surface area contributed by atoms with Crippen molar-refractivity contribution in [3.05, 3.63) is 52.2 Å². The second kappa shape index (κ2) is 13.0. The highest BCUT2D eigenvalue weighted by atomic mass is 32.2. The number of ether oxygens (including phenoxy) is 4. The van der Waals surface area contributed by atoms with Crippen molar-refractivity contribution in [3.63, 3.8) is 0 Å². The summed E-state index contributed by atoms with van der Waals surface area (Å²) in [5.41, 5.74) is 7.05. The normalized spacial score (nSPS) is 23.3. The molecular weight excluding hydrogens is 602 g/mol. The van der Waals surface area contributed by atoms with Crippen LogP contribution in [0.1, 0.15) is 24.1 Å². The first-order valence-corrected chi connectivity index (χ1v) is 15.0. The summed E-state index contributed by atoms with van der Waals surface area (Å²) in [7, 11) is 4.11. The van der Waals surface area contributed by atoms with Crippen LogP contribution in [-0.2, 0) is 44.8 Å². The molecule has 2 saturated heterocycles. The first kappa shape index (κ1) is 30.3. The summed E-state index contributed by atoms with van der Waals surface area (Å²) >= 11 is 2.48. The molecule has 228 valence electrons. The Hall–Kier alpha value is -4.15. The van der Waals surface area contributed by atoms with E-state index >= 15 is 0 Å². The first-order valence-electron chi connectivity index (χ1n) is 13.1. The highest BCUT2D eigenvalue weighted by Crippen LogP contribution is 2.44. The van der Waals surface area contributed by atoms with E-state index in [0.717, 1.165) is 11.3 Å². The van der Waals surface area contributed by atoms with Crippen LogP contribution in [0.3, 0.4) is 0 Å². The van der Waals surface area contributed by atoms with E-state index in [1.165, 1.54) is 30.9 Å². The zero-order valence-electron chi connectivity index (χ0n) is 23.4. The third-order valence-electron chi connectivity index (χ3n) is 7.04. The van der Waals surface area contributed by atoms with Crippen LogP contribution in [0, 0.1) is 0 Å². The maximum Gasteiger partial charge on any atom is 0.355 e. The standard InChI is InChI=1S/C27H29N5O9S2/c1-37-14-6-4-13(5-7-14)10-40-26(36)21-15(17-8-9-18(41-17)25(35)38-2)11-42-24-20(23(34)32(21)24)30-22(33)19(31-39-3)16-12-43-27(28)29-16/h4-7,12,17-18,20,24H,8-11H2,1-3H3,(H2,28,29)(H,30,33)/b31-19-/t17-,18+,20+,24+/m0/s1. The molecule has 0 unspecified atom stereocenters. The van der Waals surface area contributed by atoms with Crippen LogP contribution < -0.4 is 15.8 Å². The zero-order valence-corrected chi connectivity index (χ0v) is 25.1. The number of nitrogens with one attached hydrogen (secondary N) is 1. The Morgan fingerprint density at radius 2 is 1.95 bits per heavy atom. The van der Waals surface area contributed by atoms with Crippen molar-refractivity contribution in [1.82, 2.24) is 15.2 Å². The number of oxime groups is 1. The second-order valence-corrected chi connectivity index (χ2v) is 11.6. The molecular formula is C27H29N5O9S2. The van der Waals surface area contributed by atoms with Crippen molar-refractivity contribution in [3.8, 4) is 5.75 Å². The van der Waals surface area contributed by atoms with Crippen LogP contribution >= 0.6 is 23.1 Å². The maximum atomic E-state index is 13.6. The number of amides is 2. The molecule has 0 radical (unpaired) electrons. The summed E-state index contributed by atoms with van der Waals surface area (Å²) in [6.07, 6.45) is -0.526. The summed E-state index contributed by atoms with van der Waals surface area (Å²) in [6.45, 7) is -0.0520. The lowest BCUT2D eigenvalue weighted by atomic mass is 9.98. The van der Waals surface area contributed by atoms with Gasteiger partial charge in [-0.2, -0.15) is 0 Å². The molecule has 3 N–H and O–H groups in total. The van der Waals surface area contributed by atoms with Gasteiger partial charge in [0.25, 0.3) is 11.8 Å². The van der Waals surface area contributed by atoms with Crippen molar-refractivity contribution in [1.29, 1.82) is 0 Å². The molecule has 43 heavy (non-hydrogen) atoms. The fraction of sp³-hybridized carbons (Fsp3) is 0.407. The predicted octanol–water partition coefficient (Wildman–Crippen LogP) is 1.20. The van der Waals surface area contributed by atoms with Gasteiger partial charge >= 0.3 is 11.9 Å². The van der Waals surface area contributed by atoms with Crippen LogP contribution in [0.2, 0.25) is 0 Å². The predicted molar refractivity (Wildman–Crippen MR) is 155 cm³/mol. The van der Waals surface area contributed by atoms with Crippen LogP contribution in [0.4, 0.5) is 5.13 Å². The van der Waals surface area contributed by atoms with E-state index in [2.05, 4.69) is 15.5 Å². The molecule has 0 bridgehead atoms. The van der Waals surface area contributed by atoms with Gasteiger partial charge in [0.15, 0.2) is 16.9 Å². The lowest BCUT2D eigenvalue weighted by molar-refractivity contribution is -0.154. The van der Waals surface area contributed by atoms with Gasteiger partial charge < -0.3 is 34.8 Å². The van der Waals surface area contributed by atoms with E-state index in [4.69, 9.17) is 29.5 Å². The number of methoxy groups -OCH3 is 2. The largest absolute Gasteiger partial charge is 0.497 e. The second-order valence-electron chi connectivity index (χ2n) is 9.57. The van der Waals surface area contributed by atoms with Crippen LogP contribution in [0.5, 0.6) is 5.75 Å². The molecule has 3 aliphatic rings. The molecule has 0 aliphatic carbocycles. The van der Waals surface area contributed by atoms with E-state index in [1.54, 1.807) is 36.8 Å². The van der Waals surface area contributed by atoms with Gasteiger partial charge in [-0.05, 0) is 36.1 Å². The van der Waals surface area contributed by atoms with Crippen molar-refractivity contribution >= 4 is 57.7 Å². The number of anilines is 1. The zero-order chi connectivity index (χ0) is 30.7. The minimum absolute atomic E-state index is 0.0429. The van der Waals surface area contributed by atoms with E-state index in [-0.39, 0.29) is 28.8 Å². The molecule has 16 heteroatoms. The number of thiazole rings is 1. The summed E-state index contributed by atoms with van der Waals surface area (Å²) in [6, 6.07) is 6.05. The molecule has 2 amide bonds. The van der Waals surface area contributed by atoms with Crippen LogP contribution in [0.25, 0.3) is 0 Å². The molecule has 1 aromatic carbocycles. The van der Waals surface area contributed by atoms with E-state index in [0.29, 0.717) is 35.5 Å². The Labute approximate surface area is 254 Å². The van der Waals surface area contributed by atoms with E-state index in [9.17, 15) is 19.2 Å². The number of nitrogen functional groups attached to an aromatic ring is 1. The molecule has 4 atom stereocenters. The van der Waals surface area contributed by atoms with Gasteiger partial charge in [0.2, 0.25) is 0 Å². The van der Waals surface area contributed by atoms with Gasteiger partial charge in [-0.1, -0.05) is 17.3 Å². The van der Waals surface area contributed by atoms with Crippen LogP contribution in [0.15, 0.2) is 46.1 Å². The molecule has 3 aliphatic heterocycles. The monoisotopic (exact) mass is 631 g/mol. The molecule has 5 rings (SSSR count). The summed E-state index contributed by atoms with van der Waals surface area (Å²) < 4.78 is 21.6. The van der Waals surface area contributed by atoms with Gasteiger partial charge in [-0.3, -0.25) is 14.5 Å². The number of hydrogen-bond acceptors (Lipinski definition) is 14. The molecule has 1 aromatic heterocycles. The number of benzene rings is 1. The Balaban J connectivity index is 1.37. The van der Waals surface area contributed by atoms with Gasteiger partial charge in [-0.15, -0.1) is 23.1 Å². The third-order valence-corrected chi connectivity index (χ3v) is 9.02. The van der Waals surface area contributed by atoms with Gasteiger partial charge in [-0.25, -0.2) is 14.6 Å². The number of hydrogen-bond donors (Lipinski definition) is 2. The minimum Gasteiger partial charge on any atom is -0.497 e. The summed E-state index contributed by atoms with van der Waals surface area (Å²) in [5.74, 6) is -1.48. The fourth-order valence-electron chi connectivity index (χ4n) is 4.92. The first-order chi connectivity index (χ1) is 20.7. The van der Waals surface area contributed by atoms with Gasteiger partial charge in [0.05, 0.1) is 20.3 Å². The van der Waals surface area contributed by atoms with E-state index in [1.807, 2.05) is 0 Å². The number of thioether (sulfide) groups is 1. The smallest absolute Gasteiger partial charge is 0.355 e. The Morgan fingerprint density at radius 1 is 1.19 bits per heavy atom. The summed E-state index contributed by atoms with van der Waals surface area (Å²) in [5, 5.41) is 7.62. The molecule has 4 heterocycles. The van der Waals surface area contributed by atoms with Gasteiger partial charge in [0.1, 0.15) is 42.3 Å². The number of aromatic nitrogens is 1. The topological polar surface area (TPSA) is 181 Å². The fourth-order valence-corrected chi connectivity index (χ4v) is 6.87. The SMILES string of the molecule is CO/N=C(\C(=O)N[C@@H]1C(=O)N2C(C(=O)OCc3ccc(OC)cc3)=C([C@@H]3CC[C@H](C(=O)OC)O3)CS[C@H]12)c1csc(N)n1. The molecule has 0 spiro atoms. The van der Waals surface area contributed by atoms with Crippen molar-refractivity contribution in [2.24, 2.45) is 5.16 Å². The Morgan fingerprint density at radius 3 is 2.60 bits per heavy atom. The van der Waals surface area contributed by atoms with Gasteiger partial charge in [0, 0.05) is 11.1 Å². The Kier molecular flexibility index (Phi) is 9.17. The minimum atomic E-state index is -0.964. The van der Waals surface area contributed by atoms with Crippen molar-refractivity contribution in [2.45, 2.75) is 43.1 Å². The van der Waals surface area contributed by atoms with E-state index < -0.39 is 47.4 Å². The van der Waals surface area contributed by atoms with Crippen molar-refractivity contribution < 1.29 is 43.0 Å². The molecule has 2 aromatic rings. The molecule has 2 fully saturated rings.